The van der Waals surface area contributed by atoms with Crippen LogP contribution in [-0.4, -0.2) is 145 Å². The first-order valence-corrected chi connectivity index (χ1v) is 22.8. The van der Waals surface area contributed by atoms with Gasteiger partial charge in [-0.25, -0.2) is 4.79 Å². The first-order chi connectivity index (χ1) is 32.7. The number of aliphatic carboxylic acids is 3. The van der Waals surface area contributed by atoms with Crippen LogP contribution in [0.4, 0.5) is 0 Å². The Morgan fingerprint density at radius 1 is 0.551 bits per heavy atom. The Morgan fingerprint density at radius 3 is 1.43 bits per heavy atom. The van der Waals surface area contributed by atoms with Gasteiger partial charge in [-0.05, 0) is 35.6 Å². The second kappa shape index (κ2) is 25.9. The first-order valence-electron chi connectivity index (χ1n) is 21.5. The van der Waals surface area contributed by atoms with Gasteiger partial charge in [-0.1, -0.05) is 50.2 Å². The first kappa shape index (κ1) is 54.5. The van der Waals surface area contributed by atoms with Crippen molar-refractivity contribution in [2.45, 2.75) is 88.2 Å². The number of carbonyl (C=O) groups is 10. The number of nitrogens with two attached hydrogens (primary N) is 1. The van der Waals surface area contributed by atoms with E-state index in [-0.39, 0.29) is 36.7 Å². The van der Waals surface area contributed by atoms with Crippen LogP contribution < -0.4 is 43.0 Å². The minimum atomic E-state index is -1.95. The summed E-state index contributed by atoms with van der Waals surface area (Å²) in [6.07, 6.45) is 0.843. The average molecular weight is 997 g/mol. The Morgan fingerprint density at radius 2 is 0.971 bits per heavy atom. The third-order valence-corrected chi connectivity index (χ3v) is 11.4. The maximum atomic E-state index is 14.0. The van der Waals surface area contributed by atoms with E-state index in [0.29, 0.717) is 32.9 Å². The molecule has 0 radical (unpaired) electrons. The lowest BCUT2D eigenvalue weighted by Gasteiger charge is -2.26. The molecule has 23 nitrogen and oxygen atoms in total. The molecule has 69 heavy (non-hydrogen) atoms. The standard InChI is InChI=1S/C44H56N10O13S2/c1-21(2)11-29(40(62)54-34(20-69)44(66)67)51-41(63)30(12-22-16-46-27-9-5-3-7-24(22)27)49-35(55)18-48-39(61)32(14-36(56)57)52-43(65)33(15-37(58)59)53-42(64)31(50-38(60)26(45)19-68)13-23-17-47-28-10-6-4-8-25(23)28/h3-10,16-17,21,26,29-34,46-47,68-69H,11-15,18-20,45H2,1-2H3,(H,48,61)(H,49,55)(H,50,60)(H,51,63)(H,52,65)(H,53,64)(H,54,62)(H,56,57)(H,58,59)(H,66,67)/t26-,29-,30-,31-,32-,33-,34-/m0/s1. The number of hydrogen-bond donors (Lipinski definition) is 15. The molecule has 2 aromatic heterocycles. The number of carbonyl (C=O) groups excluding carboxylic acids is 7. The number of thiol groups is 2. The molecule has 2 aromatic carbocycles. The molecule has 4 aromatic rings. The minimum absolute atomic E-state index is 0.0707. The molecule has 0 aliphatic carbocycles. The average Bonchev–Trinajstić information content (AvgIpc) is 3.91. The van der Waals surface area contributed by atoms with E-state index in [1.165, 1.54) is 0 Å². The van der Waals surface area contributed by atoms with E-state index in [1.807, 2.05) is 0 Å². The Kier molecular flexibility index (Phi) is 20.4. The van der Waals surface area contributed by atoms with Gasteiger partial charge in [0.05, 0.1) is 25.4 Å². The molecule has 372 valence electrons. The number of carboxylic acids is 3. The van der Waals surface area contributed by atoms with E-state index in [2.05, 4.69) is 72.4 Å². The largest absolute Gasteiger partial charge is 0.481 e. The molecule has 7 amide bonds. The maximum Gasteiger partial charge on any atom is 0.327 e. The zero-order chi connectivity index (χ0) is 50.9. The molecule has 0 aliphatic heterocycles. The summed E-state index contributed by atoms with van der Waals surface area (Å²) in [5, 5.41) is 46.8. The Labute approximate surface area is 405 Å². The van der Waals surface area contributed by atoms with Gasteiger partial charge in [0.1, 0.15) is 36.3 Å². The van der Waals surface area contributed by atoms with Crippen molar-refractivity contribution in [2.75, 3.05) is 18.1 Å². The molecular formula is C44H56N10O13S2. The highest BCUT2D eigenvalue weighted by atomic mass is 32.1. The fraction of sp³-hybridized carbons (Fsp3) is 0.409. The van der Waals surface area contributed by atoms with Crippen LogP contribution in [0.2, 0.25) is 0 Å². The van der Waals surface area contributed by atoms with Crippen molar-refractivity contribution in [2.24, 2.45) is 11.7 Å². The van der Waals surface area contributed by atoms with Crippen molar-refractivity contribution in [3.63, 3.8) is 0 Å². The van der Waals surface area contributed by atoms with Crippen molar-refractivity contribution in [1.29, 1.82) is 0 Å². The van der Waals surface area contributed by atoms with Gasteiger partial charge in [0.2, 0.25) is 41.4 Å². The number of fused-ring (bicyclic) bond motifs is 2. The van der Waals surface area contributed by atoms with E-state index in [4.69, 9.17) is 5.73 Å². The highest BCUT2D eigenvalue weighted by Gasteiger charge is 2.34. The third kappa shape index (κ3) is 16.3. The fourth-order valence-electron chi connectivity index (χ4n) is 7.10. The highest BCUT2D eigenvalue weighted by Crippen LogP contribution is 2.21. The SMILES string of the molecule is CC(C)C[C@H](NC(=O)[C@H](Cc1c[nH]c2ccccc12)NC(=O)CNC(=O)[C@H](CC(=O)O)NC(=O)[C@H](CC(=O)O)NC(=O)[C@H](Cc1c[nH]c2ccccc12)NC(=O)[C@@H](N)CS)C(=O)N[C@@H](CS)C(=O)O. The molecule has 0 unspecified atom stereocenters. The molecule has 0 saturated carbocycles. The van der Waals surface area contributed by atoms with E-state index >= 15 is 0 Å². The van der Waals surface area contributed by atoms with Gasteiger partial charge in [-0.3, -0.25) is 43.2 Å². The summed E-state index contributed by atoms with van der Waals surface area (Å²) in [5.74, 6) is -12.0. The van der Waals surface area contributed by atoms with E-state index in [9.17, 15) is 63.3 Å². The topological polar surface area (TPSA) is 373 Å². The van der Waals surface area contributed by atoms with Crippen LogP contribution in [0.3, 0.4) is 0 Å². The normalized spacial score (nSPS) is 14.2. The van der Waals surface area contributed by atoms with Gasteiger partial charge in [0.25, 0.3) is 0 Å². The summed E-state index contributed by atoms with van der Waals surface area (Å²) in [5.41, 5.74) is 8.38. The van der Waals surface area contributed by atoms with Crippen LogP contribution >= 0.6 is 25.3 Å². The quantitative estimate of drug-likeness (QED) is 0.0310. The fourth-order valence-corrected chi connectivity index (χ4v) is 7.52. The lowest BCUT2D eigenvalue weighted by atomic mass is 10.0. The van der Waals surface area contributed by atoms with Crippen molar-refractivity contribution in [1.82, 2.24) is 47.2 Å². The molecule has 0 saturated heterocycles. The predicted molar refractivity (Wildman–Crippen MR) is 256 cm³/mol. The zero-order valence-corrected chi connectivity index (χ0v) is 39.2. The van der Waals surface area contributed by atoms with Crippen LogP contribution in [0.1, 0.15) is 44.2 Å². The van der Waals surface area contributed by atoms with E-state index < -0.39 is 121 Å². The minimum Gasteiger partial charge on any atom is -0.481 e. The Balaban J connectivity index is 1.51. The highest BCUT2D eigenvalue weighted by molar-refractivity contribution is 7.80. The number of para-hydroxylation sites is 2. The number of hydrogen-bond acceptors (Lipinski definition) is 13. The smallest absolute Gasteiger partial charge is 0.327 e. The third-order valence-electron chi connectivity index (χ3n) is 10.6. The summed E-state index contributed by atoms with van der Waals surface area (Å²) in [7, 11) is 0. The van der Waals surface area contributed by atoms with Crippen LogP contribution in [0, 0.1) is 5.92 Å². The molecule has 2 heterocycles. The van der Waals surface area contributed by atoms with Crippen LogP contribution in [-0.2, 0) is 60.8 Å². The summed E-state index contributed by atoms with van der Waals surface area (Å²) < 4.78 is 0. The monoisotopic (exact) mass is 996 g/mol. The van der Waals surface area contributed by atoms with Crippen molar-refractivity contribution in [3.05, 3.63) is 72.1 Å². The summed E-state index contributed by atoms with van der Waals surface area (Å²) >= 11 is 8.00. The van der Waals surface area contributed by atoms with Crippen LogP contribution in [0.5, 0.6) is 0 Å². The number of aromatic nitrogens is 2. The number of nitrogens with one attached hydrogen (secondary N) is 9. The number of amides is 7. The number of benzene rings is 2. The molecule has 0 bridgehead atoms. The number of H-pyrrole nitrogens is 2. The van der Waals surface area contributed by atoms with Crippen molar-refractivity contribution < 1.29 is 63.3 Å². The van der Waals surface area contributed by atoms with Gasteiger partial charge in [-0.2, -0.15) is 25.3 Å². The second-order valence-electron chi connectivity index (χ2n) is 16.4. The van der Waals surface area contributed by atoms with Gasteiger partial charge >= 0.3 is 17.9 Å². The van der Waals surface area contributed by atoms with Crippen LogP contribution in [0.15, 0.2) is 60.9 Å². The second-order valence-corrected chi connectivity index (χ2v) is 17.1. The molecule has 25 heteroatoms. The van der Waals surface area contributed by atoms with Gasteiger partial charge in [-0.15, -0.1) is 0 Å². The lowest BCUT2D eigenvalue weighted by molar-refractivity contribution is -0.143. The Hall–Kier alpha value is -7.12. The summed E-state index contributed by atoms with van der Waals surface area (Å²) in [6.45, 7) is 2.65. The zero-order valence-electron chi connectivity index (χ0n) is 37.4. The van der Waals surface area contributed by atoms with Gasteiger partial charge < -0.3 is 68.2 Å². The molecule has 0 aliphatic rings. The summed E-state index contributed by atoms with van der Waals surface area (Å²) in [4.78, 5) is 136. The van der Waals surface area contributed by atoms with Gasteiger partial charge in [0, 0.05) is 58.5 Å². The predicted octanol–water partition coefficient (Wildman–Crippen LogP) is -1.27. The van der Waals surface area contributed by atoms with Crippen LogP contribution in [0.25, 0.3) is 21.8 Å². The molecule has 0 spiro atoms. The van der Waals surface area contributed by atoms with Crippen molar-refractivity contribution >= 4 is 106 Å². The number of carboxylic acid groups (broad SMARTS) is 3. The molecule has 0 fully saturated rings. The number of aromatic amines is 2. The van der Waals surface area contributed by atoms with Crippen molar-refractivity contribution in [3.8, 4) is 0 Å². The molecule has 14 N–H and O–H groups in total. The molecule has 4 rings (SSSR count). The maximum absolute atomic E-state index is 14.0. The number of rotatable bonds is 27. The Bertz CT molecular complexity index is 2530. The lowest BCUT2D eigenvalue weighted by Crippen LogP contribution is -2.59. The molecule has 7 atom stereocenters. The van der Waals surface area contributed by atoms with E-state index in [1.54, 1.807) is 74.8 Å². The van der Waals surface area contributed by atoms with Gasteiger partial charge in [0.15, 0.2) is 0 Å². The summed E-state index contributed by atoms with van der Waals surface area (Å²) in [6, 6.07) is 3.64. The molecular weight excluding hydrogens is 941 g/mol. The van der Waals surface area contributed by atoms with E-state index in [0.717, 1.165) is 0 Å².